The molecule has 2 heterocycles. The van der Waals surface area contributed by atoms with Crippen LogP contribution in [0.5, 0.6) is 0 Å². The summed E-state index contributed by atoms with van der Waals surface area (Å²) in [5, 5.41) is 0. The lowest BCUT2D eigenvalue weighted by Gasteiger charge is -2.56. The van der Waals surface area contributed by atoms with Crippen LogP contribution in [0.4, 0.5) is 0 Å². The fourth-order valence-corrected chi connectivity index (χ4v) is 5.64. The minimum atomic E-state index is -0.0953. The maximum Gasteiger partial charge on any atom is 0.138 e. The van der Waals surface area contributed by atoms with Crippen molar-refractivity contribution in [1.82, 2.24) is 4.90 Å². The topological polar surface area (TPSA) is 38.8 Å². The molecule has 118 valence electrons. The number of hydrogen-bond acceptors (Lipinski definition) is 4. The SMILES string of the molecule is CC1OC2(N3CCOCC3)CCCC2C2CCCC(=O)C12. The number of ketones is 1. The van der Waals surface area contributed by atoms with Gasteiger partial charge in [0.2, 0.25) is 0 Å². The quantitative estimate of drug-likeness (QED) is 0.743. The van der Waals surface area contributed by atoms with Crippen molar-refractivity contribution in [2.45, 2.75) is 57.3 Å². The number of rotatable bonds is 1. The minimum Gasteiger partial charge on any atom is -0.379 e. The van der Waals surface area contributed by atoms with E-state index in [1.807, 2.05) is 0 Å². The highest BCUT2D eigenvalue weighted by Gasteiger charge is 2.59. The summed E-state index contributed by atoms with van der Waals surface area (Å²) in [6.07, 6.45) is 6.78. The highest BCUT2D eigenvalue weighted by atomic mass is 16.5. The second kappa shape index (κ2) is 5.32. The van der Waals surface area contributed by atoms with E-state index in [1.165, 1.54) is 19.3 Å². The molecule has 0 amide bonds. The van der Waals surface area contributed by atoms with Gasteiger partial charge in [-0.25, -0.2) is 0 Å². The Hall–Kier alpha value is -0.450. The van der Waals surface area contributed by atoms with Gasteiger partial charge in [-0.15, -0.1) is 0 Å². The van der Waals surface area contributed by atoms with Crippen LogP contribution < -0.4 is 0 Å². The van der Waals surface area contributed by atoms with Crippen LogP contribution >= 0.6 is 0 Å². The van der Waals surface area contributed by atoms with Gasteiger partial charge in [-0.1, -0.05) is 0 Å². The molecule has 0 spiro atoms. The Morgan fingerprint density at radius 1 is 1.19 bits per heavy atom. The lowest BCUT2D eigenvalue weighted by atomic mass is 9.65. The van der Waals surface area contributed by atoms with Crippen molar-refractivity contribution in [2.75, 3.05) is 26.3 Å². The number of morpholine rings is 1. The van der Waals surface area contributed by atoms with Gasteiger partial charge >= 0.3 is 0 Å². The van der Waals surface area contributed by atoms with Crippen LogP contribution in [-0.2, 0) is 14.3 Å². The molecular weight excluding hydrogens is 266 g/mol. The molecular formula is C17H27NO3. The number of fused-ring (bicyclic) bond motifs is 3. The highest BCUT2D eigenvalue weighted by Crippen LogP contribution is 2.55. The number of carbonyl (C=O) groups excluding carboxylic acids is 1. The van der Waals surface area contributed by atoms with Crippen LogP contribution in [0.25, 0.3) is 0 Å². The highest BCUT2D eigenvalue weighted by molar-refractivity contribution is 5.82. The van der Waals surface area contributed by atoms with Crippen molar-refractivity contribution in [2.24, 2.45) is 17.8 Å². The van der Waals surface area contributed by atoms with Crippen LogP contribution in [0.3, 0.4) is 0 Å². The van der Waals surface area contributed by atoms with Crippen LogP contribution in [0.2, 0.25) is 0 Å². The lowest BCUT2D eigenvalue weighted by molar-refractivity contribution is -0.270. The fourth-order valence-electron chi connectivity index (χ4n) is 5.64. The van der Waals surface area contributed by atoms with Crippen LogP contribution in [0.1, 0.15) is 45.4 Å². The number of hydrogen-bond donors (Lipinski definition) is 0. The van der Waals surface area contributed by atoms with E-state index in [0.29, 0.717) is 17.6 Å². The minimum absolute atomic E-state index is 0.0833. The first-order valence-corrected chi connectivity index (χ1v) is 8.76. The predicted octanol–water partition coefficient (Wildman–Crippen LogP) is 2.22. The van der Waals surface area contributed by atoms with E-state index in [2.05, 4.69) is 11.8 Å². The molecule has 0 N–H and O–H groups in total. The molecule has 0 aromatic carbocycles. The molecule has 0 radical (unpaired) electrons. The Balaban J connectivity index is 1.66. The van der Waals surface area contributed by atoms with Crippen LogP contribution in [0, 0.1) is 17.8 Å². The van der Waals surface area contributed by atoms with Gasteiger partial charge in [0.25, 0.3) is 0 Å². The molecule has 2 saturated carbocycles. The molecule has 5 atom stereocenters. The molecule has 0 bridgehead atoms. The zero-order chi connectivity index (χ0) is 14.4. The summed E-state index contributed by atoms with van der Waals surface area (Å²) in [5.74, 6) is 1.73. The molecule has 4 nitrogen and oxygen atoms in total. The third-order valence-electron chi connectivity index (χ3n) is 6.38. The van der Waals surface area contributed by atoms with Crippen molar-refractivity contribution in [3.05, 3.63) is 0 Å². The number of carbonyl (C=O) groups is 1. The Morgan fingerprint density at radius 3 is 2.81 bits per heavy atom. The Morgan fingerprint density at radius 2 is 2.00 bits per heavy atom. The van der Waals surface area contributed by atoms with Gasteiger partial charge < -0.3 is 9.47 Å². The van der Waals surface area contributed by atoms with Gasteiger partial charge in [-0.05, 0) is 44.9 Å². The molecule has 4 aliphatic rings. The van der Waals surface area contributed by atoms with E-state index < -0.39 is 0 Å². The number of ether oxygens (including phenoxy) is 2. The van der Waals surface area contributed by atoms with Gasteiger partial charge in [-0.3, -0.25) is 9.69 Å². The third kappa shape index (κ3) is 2.10. The van der Waals surface area contributed by atoms with Gasteiger partial charge in [0, 0.05) is 31.3 Å². The maximum absolute atomic E-state index is 12.4. The van der Waals surface area contributed by atoms with Crippen LogP contribution in [0.15, 0.2) is 0 Å². The first-order valence-electron chi connectivity index (χ1n) is 8.76. The molecule has 2 aliphatic heterocycles. The average molecular weight is 293 g/mol. The van der Waals surface area contributed by atoms with E-state index in [9.17, 15) is 4.79 Å². The fraction of sp³-hybridized carbons (Fsp3) is 0.941. The smallest absolute Gasteiger partial charge is 0.138 e. The summed E-state index contributed by atoms with van der Waals surface area (Å²) < 4.78 is 12.2. The first kappa shape index (κ1) is 14.2. The molecule has 2 aliphatic carbocycles. The molecule has 5 unspecified atom stereocenters. The van der Waals surface area contributed by atoms with Crippen molar-refractivity contribution < 1.29 is 14.3 Å². The van der Waals surface area contributed by atoms with Crippen molar-refractivity contribution >= 4 is 5.78 Å². The van der Waals surface area contributed by atoms with Crippen molar-refractivity contribution in [3.8, 4) is 0 Å². The molecule has 0 aromatic heterocycles. The van der Waals surface area contributed by atoms with Gasteiger partial charge in [0.15, 0.2) is 0 Å². The zero-order valence-corrected chi connectivity index (χ0v) is 13.1. The summed E-state index contributed by atoms with van der Waals surface area (Å²) in [6, 6.07) is 0. The van der Waals surface area contributed by atoms with E-state index in [1.54, 1.807) is 0 Å². The van der Waals surface area contributed by atoms with E-state index in [0.717, 1.165) is 45.6 Å². The summed E-state index contributed by atoms with van der Waals surface area (Å²) in [6.45, 7) is 5.74. The average Bonchev–Trinajstić information content (AvgIpc) is 2.93. The van der Waals surface area contributed by atoms with Crippen LogP contribution in [-0.4, -0.2) is 48.8 Å². The Kier molecular flexibility index (Phi) is 3.59. The summed E-state index contributed by atoms with van der Waals surface area (Å²) in [7, 11) is 0. The second-order valence-corrected chi connectivity index (χ2v) is 7.31. The molecule has 2 saturated heterocycles. The van der Waals surface area contributed by atoms with Crippen molar-refractivity contribution in [1.29, 1.82) is 0 Å². The summed E-state index contributed by atoms with van der Waals surface area (Å²) in [4.78, 5) is 14.9. The maximum atomic E-state index is 12.4. The van der Waals surface area contributed by atoms with E-state index in [4.69, 9.17) is 9.47 Å². The molecule has 0 aromatic rings. The Labute approximate surface area is 127 Å². The molecule has 4 heteroatoms. The third-order valence-corrected chi connectivity index (χ3v) is 6.38. The standard InChI is InChI=1S/C17H27NO3/c1-12-16-13(4-2-6-15(16)19)14-5-3-7-17(14,21-12)18-8-10-20-11-9-18/h12-14,16H,2-11H2,1H3. The first-order chi connectivity index (χ1) is 10.2. The second-order valence-electron chi connectivity index (χ2n) is 7.31. The van der Waals surface area contributed by atoms with Gasteiger partial charge in [-0.2, -0.15) is 0 Å². The lowest BCUT2D eigenvalue weighted by Crippen LogP contribution is -2.65. The van der Waals surface area contributed by atoms with Crippen molar-refractivity contribution in [3.63, 3.8) is 0 Å². The van der Waals surface area contributed by atoms with E-state index >= 15 is 0 Å². The largest absolute Gasteiger partial charge is 0.379 e. The molecule has 4 rings (SSSR count). The normalized spacial score (nSPS) is 48.0. The monoisotopic (exact) mass is 293 g/mol. The summed E-state index contributed by atoms with van der Waals surface area (Å²) in [5.41, 5.74) is -0.0953. The predicted molar refractivity (Wildman–Crippen MR) is 78.8 cm³/mol. The zero-order valence-electron chi connectivity index (χ0n) is 13.1. The van der Waals surface area contributed by atoms with Gasteiger partial charge in [0.1, 0.15) is 11.5 Å². The Bertz CT molecular complexity index is 420. The molecule has 21 heavy (non-hydrogen) atoms. The number of Topliss-reactive ketones (excluding diaryl/α,β-unsaturated/α-hetero) is 1. The van der Waals surface area contributed by atoms with E-state index in [-0.39, 0.29) is 17.7 Å². The molecule has 4 fully saturated rings. The van der Waals surface area contributed by atoms with Gasteiger partial charge in [0.05, 0.1) is 19.3 Å². The number of nitrogens with zero attached hydrogens (tertiary/aromatic N) is 1. The summed E-state index contributed by atoms with van der Waals surface area (Å²) >= 11 is 0.